The van der Waals surface area contributed by atoms with Crippen LogP contribution in [0.1, 0.15) is 11.1 Å². The lowest BCUT2D eigenvalue weighted by Gasteiger charge is -2.13. The van der Waals surface area contributed by atoms with E-state index in [1.807, 2.05) is 6.07 Å². The van der Waals surface area contributed by atoms with E-state index in [2.05, 4.69) is 30.3 Å². The van der Waals surface area contributed by atoms with Crippen molar-refractivity contribution in [2.75, 3.05) is 13.2 Å². The summed E-state index contributed by atoms with van der Waals surface area (Å²) in [5.74, 6) is -4.06. The van der Waals surface area contributed by atoms with Gasteiger partial charge < -0.3 is 15.1 Å². The maximum atomic E-state index is 14.7. The van der Waals surface area contributed by atoms with Gasteiger partial charge in [-0.3, -0.25) is 4.98 Å². The second-order valence-corrected chi connectivity index (χ2v) is 7.69. The number of hydrogen-bond acceptors (Lipinski definition) is 8. The summed E-state index contributed by atoms with van der Waals surface area (Å²) in [5.41, 5.74) is 0.851. The number of benzene rings is 2. The van der Waals surface area contributed by atoms with Gasteiger partial charge in [-0.2, -0.15) is 0 Å². The minimum atomic E-state index is -1.26. The van der Waals surface area contributed by atoms with E-state index in [1.54, 1.807) is 24.4 Å². The zero-order valence-corrected chi connectivity index (χ0v) is 18.4. The minimum Gasteiger partial charge on any atom is -0.856 e. The first-order valence-electron chi connectivity index (χ1n) is 10.7. The molecule has 12 heteroatoms. The Morgan fingerprint density at radius 1 is 1.03 bits per heavy atom. The normalized spacial score (nSPS) is 11.9. The molecular weight excluding hydrogens is 477 g/mol. The summed E-state index contributed by atoms with van der Waals surface area (Å²) < 4.78 is 45.3. The number of fused-ring (bicyclic) bond motifs is 2. The van der Waals surface area contributed by atoms with Crippen LogP contribution >= 0.6 is 0 Å². The molecule has 2 aromatic carbocycles. The maximum absolute atomic E-state index is 14.7. The molecule has 3 aromatic heterocycles. The molecule has 0 bridgehead atoms. The first-order chi connectivity index (χ1) is 17.4. The molecule has 0 saturated heterocycles. The summed E-state index contributed by atoms with van der Waals surface area (Å²) in [4.78, 5) is 13.0. The van der Waals surface area contributed by atoms with Crippen LogP contribution in [0.2, 0.25) is 0 Å². The molecule has 36 heavy (non-hydrogen) atoms. The van der Waals surface area contributed by atoms with E-state index in [9.17, 15) is 18.3 Å². The maximum Gasteiger partial charge on any atom is 0.179 e. The van der Waals surface area contributed by atoms with Crippen molar-refractivity contribution in [1.29, 1.82) is 0 Å². The topological polar surface area (TPSA) is 121 Å². The van der Waals surface area contributed by atoms with Gasteiger partial charge in [0.2, 0.25) is 0 Å². The smallest absolute Gasteiger partial charge is 0.179 e. The molecule has 0 saturated carbocycles. The molecule has 0 aliphatic rings. The fraction of sp³-hybridized carbons (Fsp3) is 0.125. The Morgan fingerprint density at radius 2 is 1.83 bits per heavy atom. The quantitative estimate of drug-likeness (QED) is 0.160. The molecule has 182 valence electrons. The summed E-state index contributed by atoms with van der Waals surface area (Å²) in [7, 11) is 0. The van der Waals surface area contributed by atoms with Crippen molar-refractivity contribution in [3.63, 3.8) is 0 Å². The fourth-order valence-corrected chi connectivity index (χ4v) is 3.66. The van der Waals surface area contributed by atoms with Crippen LogP contribution in [0.4, 0.5) is 13.2 Å². The molecule has 0 atom stereocenters. The highest BCUT2D eigenvalue weighted by atomic mass is 19.1. The molecule has 0 fully saturated rings. The van der Waals surface area contributed by atoms with Crippen molar-refractivity contribution >= 4 is 28.0 Å². The number of aromatic nitrogens is 5. The monoisotopic (exact) mass is 493 g/mol. The van der Waals surface area contributed by atoms with Crippen molar-refractivity contribution in [2.24, 2.45) is 5.16 Å². The molecule has 3 heterocycles. The Bertz CT molecular complexity index is 1600. The van der Waals surface area contributed by atoms with Crippen LogP contribution in [-0.4, -0.2) is 49.2 Å². The number of hydrogen-bond donors (Lipinski definition) is 1. The standard InChI is InChI=1S/C24H17F3N6O3/c25-16-11-21-13(2-1-5-28-21)8-15(16)12-33-23-20(30-32-33)4-3-19(29-23)14-9-17(26)22(18(27)10-14)24(35)31-36-7-6-34/h1-5,8-11,34H,6-7,12H2,(H,31,35)/p-1. The lowest BCUT2D eigenvalue weighted by atomic mass is 10.1. The van der Waals surface area contributed by atoms with Crippen molar-refractivity contribution in [1.82, 2.24) is 25.0 Å². The molecule has 0 amide bonds. The number of aliphatic hydroxyl groups excluding tert-OH is 1. The third-order valence-electron chi connectivity index (χ3n) is 5.33. The predicted octanol–water partition coefficient (Wildman–Crippen LogP) is 2.54. The SMILES string of the molecule is [O-]/C(=N\OCCO)c1c(F)cc(-c2ccc3nnn(Cc4cc5cccnc5cc4F)c3n2)cc1F. The van der Waals surface area contributed by atoms with Crippen molar-refractivity contribution in [3.05, 3.63) is 83.3 Å². The summed E-state index contributed by atoms with van der Waals surface area (Å²) in [6.07, 6.45) is 1.58. The number of pyridine rings is 2. The minimum absolute atomic E-state index is 0.00905. The fourth-order valence-electron chi connectivity index (χ4n) is 3.66. The summed E-state index contributed by atoms with van der Waals surface area (Å²) in [6.45, 7) is -0.696. The van der Waals surface area contributed by atoms with E-state index >= 15 is 0 Å². The molecule has 5 aromatic rings. The van der Waals surface area contributed by atoms with Gasteiger partial charge in [0.05, 0.1) is 29.9 Å². The zero-order valence-electron chi connectivity index (χ0n) is 18.4. The highest BCUT2D eigenvalue weighted by Crippen LogP contribution is 2.25. The molecule has 0 unspecified atom stereocenters. The van der Waals surface area contributed by atoms with E-state index in [4.69, 9.17) is 5.11 Å². The van der Waals surface area contributed by atoms with Crippen LogP contribution in [0.3, 0.4) is 0 Å². The number of halogens is 3. The molecule has 9 nitrogen and oxygen atoms in total. The van der Waals surface area contributed by atoms with Gasteiger partial charge in [-0.25, -0.2) is 22.8 Å². The molecule has 0 aliphatic carbocycles. The van der Waals surface area contributed by atoms with E-state index in [1.165, 1.54) is 16.8 Å². The Labute approximate surface area is 201 Å². The number of nitrogens with zero attached hydrogens (tertiary/aromatic N) is 6. The third-order valence-corrected chi connectivity index (χ3v) is 5.33. The molecule has 0 spiro atoms. The Kier molecular flexibility index (Phi) is 6.17. The van der Waals surface area contributed by atoms with E-state index in [0.29, 0.717) is 16.6 Å². The van der Waals surface area contributed by atoms with Gasteiger partial charge >= 0.3 is 0 Å². The molecule has 1 N–H and O–H groups in total. The Morgan fingerprint density at radius 3 is 2.61 bits per heavy atom. The molecule has 0 aliphatic heterocycles. The summed E-state index contributed by atoms with van der Waals surface area (Å²) in [6, 6.07) is 11.5. The van der Waals surface area contributed by atoms with Crippen LogP contribution in [0.25, 0.3) is 33.3 Å². The van der Waals surface area contributed by atoms with E-state index < -0.39 is 35.5 Å². The second-order valence-electron chi connectivity index (χ2n) is 7.69. The van der Waals surface area contributed by atoms with Crippen LogP contribution < -0.4 is 5.11 Å². The first-order valence-corrected chi connectivity index (χ1v) is 10.7. The summed E-state index contributed by atoms with van der Waals surface area (Å²) in [5, 5.41) is 32.5. The molecule has 0 radical (unpaired) electrons. The van der Waals surface area contributed by atoms with Crippen molar-refractivity contribution in [2.45, 2.75) is 6.54 Å². The van der Waals surface area contributed by atoms with Crippen LogP contribution in [0.15, 0.2) is 59.9 Å². The van der Waals surface area contributed by atoms with Crippen LogP contribution in [0.5, 0.6) is 0 Å². The number of aliphatic hydroxyl groups is 1. The lowest BCUT2D eigenvalue weighted by molar-refractivity contribution is -0.218. The van der Waals surface area contributed by atoms with Gasteiger partial charge in [-0.1, -0.05) is 11.3 Å². The largest absolute Gasteiger partial charge is 0.856 e. The highest BCUT2D eigenvalue weighted by molar-refractivity contribution is 5.91. The van der Waals surface area contributed by atoms with Gasteiger partial charge in [0.25, 0.3) is 0 Å². The van der Waals surface area contributed by atoms with Crippen LogP contribution in [-0.2, 0) is 11.4 Å². The number of rotatable bonds is 7. The van der Waals surface area contributed by atoms with Gasteiger partial charge in [0.15, 0.2) is 5.65 Å². The van der Waals surface area contributed by atoms with Crippen molar-refractivity contribution in [3.8, 4) is 11.3 Å². The number of oxime groups is 1. The zero-order chi connectivity index (χ0) is 25.2. The Hall–Kier alpha value is -4.58. The van der Waals surface area contributed by atoms with Gasteiger partial charge in [0.1, 0.15) is 29.6 Å². The van der Waals surface area contributed by atoms with Crippen molar-refractivity contribution < 1.29 is 28.2 Å². The lowest BCUT2D eigenvalue weighted by Crippen LogP contribution is -2.23. The summed E-state index contributed by atoms with van der Waals surface area (Å²) >= 11 is 0. The first kappa shape index (κ1) is 23.2. The average molecular weight is 493 g/mol. The van der Waals surface area contributed by atoms with Gasteiger partial charge in [-0.15, -0.1) is 10.3 Å². The van der Waals surface area contributed by atoms with Gasteiger partial charge in [0, 0.05) is 34.7 Å². The predicted molar refractivity (Wildman–Crippen MR) is 121 cm³/mol. The molecular formula is C24H16F3N6O3-. The average Bonchev–Trinajstić information content (AvgIpc) is 3.26. The van der Waals surface area contributed by atoms with Gasteiger partial charge in [-0.05, 0) is 36.4 Å². The second kappa shape index (κ2) is 9.58. The third kappa shape index (κ3) is 4.41. The highest BCUT2D eigenvalue weighted by Gasteiger charge is 2.16. The Balaban J connectivity index is 1.50. The van der Waals surface area contributed by atoms with E-state index in [-0.39, 0.29) is 30.1 Å². The van der Waals surface area contributed by atoms with Crippen LogP contribution in [0, 0.1) is 17.5 Å². The molecule has 5 rings (SSSR count). The van der Waals surface area contributed by atoms with E-state index in [0.717, 1.165) is 17.5 Å².